The van der Waals surface area contributed by atoms with Gasteiger partial charge in [-0.25, -0.2) is 4.79 Å². The summed E-state index contributed by atoms with van der Waals surface area (Å²) in [5.41, 5.74) is 0. The first kappa shape index (κ1) is 9.80. The molecule has 0 N–H and O–H groups in total. The summed E-state index contributed by atoms with van der Waals surface area (Å²) in [5.74, 6) is -0.324. The molecule has 13 heavy (non-hydrogen) atoms. The summed E-state index contributed by atoms with van der Waals surface area (Å²) < 4.78 is 11.4. The molecule has 0 saturated heterocycles. The molecule has 0 fully saturated rings. The number of aromatic nitrogens is 1. The lowest BCUT2D eigenvalue weighted by molar-refractivity contribution is -0.148. The molecule has 0 amide bonds. The quantitative estimate of drug-likeness (QED) is 0.630. The van der Waals surface area contributed by atoms with Gasteiger partial charge in [0.25, 0.3) is 0 Å². The molecule has 4 nitrogen and oxygen atoms in total. The molecule has 0 atom stereocenters. The van der Waals surface area contributed by atoms with Crippen LogP contribution in [0.4, 0.5) is 0 Å². The highest BCUT2D eigenvalue weighted by atomic mass is 16.6. The zero-order valence-corrected chi connectivity index (χ0v) is 7.60. The van der Waals surface area contributed by atoms with Crippen molar-refractivity contribution in [1.29, 1.82) is 0 Å². The number of rotatable bonds is 5. The maximum absolute atomic E-state index is 10.8. The first-order valence-electron chi connectivity index (χ1n) is 4.08. The third-order valence-electron chi connectivity index (χ3n) is 1.54. The second-order valence-electron chi connectivity index (χ2n) is 2.57. The van der Waals surface area contributed by atoms with Gasteiger partial charge >= 0.3 is 5.97 Å². The molecule has 1 aromatic rings. The lowest BCUT2D eigenvalue weighted by Gasteiger charge is -2.04. The van der Waals surface area contributed by atoms with E-state index in [0.29, 0.717) is 13.2 Å². The molecule has 0 saturated carbocycles. The Morgan fingerprint density at radius 3 is 2.69 bits per heavy atom. The van der Waals surface area contributed by atoms with Gasteiger partial charge in [0.2, 0.25) is 0 Å². The highest BCUT2D eigenvalue weighted by Gasteiger charge is 1.99. The van der Waals surface area contributed by atoms with Crippen LogP contribution in [-0.4, -0.2) is 30.9 Å². The van der Waals surface area contributed by atoms with Crippen molar-refractivity contribution in [2.45, 2.75) is 6.54 Å². The van der Waals surface area contributed by atoms with Crippen LogP contribution >= 0.6 is 0 Å². The van der Waals surface area contributed by atoms with E-state index >= 15 is 0 Å². The Morgan fingerprint density at radius 1 is 1.38 bits per heavy atom. The maximum atomic E-state index is 10.8. The molecule has 1 rings (SSSR count). The monoisotopic (exact) mass is 183 g/mol. The average molecular weight is 183 g/mol. The third kappa shape index (κ3) is 3.75. The zero-order chi connectivity index (χ0) is 9.52. The van der Waals surface area contributed by atoms with Crippen LogP contribution in [0.2, 0.25) is 0 Å². The van der Waals surface area contributed by atoms with Crippen LogP contribution in [0.15, 0.2) is 24.5 Å². The summed E-state index contributed by atoms with van der Waals surface area (Å²) in [6.07, 6.45) is 3.84. The molecule has 1 aromatic heterocycles. The van der Waals surface area contributed by atoms with Gasteiger partial charge in [0.05, 0.1) is 6.54 Å². The first-order chi connectivity index (χ1) is 6.33. The largest absolute Gasteiger partial charge is 0.462 e. The van der Waals surface area contributed by atoms with Gasteiger partial charge in [-0.3, -0.25) is 0 Å². The Balaban J connectivity index is 2.11. The van der Waals surface area contributed by atoms with Crippen molar-refractivity contribution in [1.82, 2.24) is 4.57 Å². The summed E-state index contributed by atoms with van der Waals surface area (Å²) in [4.78, 5) is 10.8. The van der Waals surface area contributed by atoms with Crippen molar-refractivity contribution in [3.63, 3.8) is 0 Å². The lowest BCUT2D eigenvalue weighted by Crippen LogP contribution is -2.14. The molecule has 0 unspecified atom stereocenters. The van der Waals surface area contributed by atoms with E-state index in [9.17, 15) is 4.79 Å². The molecule has 1 heterocycles. The molecular weight excluding hydrogens is 170 g/mol. The van der Waals surface area contributed by atoms with Crippen molar-refractivity contribution < 1.29 is 14.3 Å². The van der Waals surface area contributed by atoms with Crippen LogP contribution in [-0.2, 0) is 20.8 Å². The fourth-order valence-electron chi connectivity index (χ4n) is 0.944. The van der Waals surface area contributed by atoms with Gasteiger partial charge in [-0.15, -0.1) is 0 Å². The van der Waals surface area contributed by atoms with Gasteiger partial charge < -0.3 is 14.0 Å². The van der Waals surface area contributed by atoms with Crippen LogP contribution in [0.5, 0.6) is 0 Å². The van der Waals surface area contributed by atoms with Gasteiger partial charge in [-0.2, -0.15) is 0 Å². The third-order valence-corrected chi connectivity index (χ3v) is 1.54. The van der Waals surface area contributed by atoms with E-state index in [2.05, 4.69) is 4.74 Å². The second kappa shape index (κ2) is 5.37. The van der Waals surface area contributed by atoms with E-state index in [0.717, 1.165) is 0 Å². The van der Waals surface area contributed by atoms with Gasteiger partial charge in [-0.05, 0) is 12.1 Å². The first-order valence-corrected chi connectivity index (χ1v) is 4.08. The number of hydrogen-bond acceptors (Lipinski definition) is 3. The molecule has 0 spiro atoms. The van der Waals surface area contributed by atoms with Crippen LogP contribution < -0.4 is 0 Å². The smallest absolute Gasteiger partial charge is 0.332 e. The predicted molar refractivity (Wildman–Crippen MR) is 47.3 cm³/mol. The number of ether oxygens (including phenoxy) is 2. The number of carbonyl (C=O) groups excluding carboxylic acids is 1. The van der Waals surface area contributed by atoms with Gasteiger partial charge in [0.15, 0.2) is 0 Å². The van der Waals surface area contributed by atoms with E-state index in [1.54, 1.807) is 0 Å². The predicted octanol–water partition coefficient (Wildman–Crippen LogP) is 0.678. The fraction of sp³-hybridized carbons (Fsp3) is 0.444. The summed E-state index contributed by atoms with van der Waals surface area (Å²) in [5, 5.41) is 0. The fourth-order valence-corrected chi connectivity index (χ4v) is 0.944. The number of methoxy groups -OCH3 is 1. The van der Waals surface area contributed by atoms with Crippen molar-refractivity contribution in [3.05, 3.63) is 24.5 Å². The Morgan fingerprint density at radius 2 is 2.08 bits per heavy atom. The van der Waals surface area contributed by atoms with Gasteiger partial charge in [-0.1, -0.05) is 0 Å². The van der Waals surface area contributed by atoms with Crippen molar-refractivity contribution in [3.8, 4) is 0 Å². The summed E-state index contributed by atoms with van der Waals surface area (Å²) in [7, 11) is 1.47. The molecule has 0 radical (unpaired) electrons. The highest BCUT2D eigenvalue weighted by molar-refractivity contribution is 5.70. The maximum Gasteiger partial charge on any atom is 0.332 e. The van der Waals surface area contributed by atoms with Crippen molar-refractivity contribution >= 4 is 5.97 Å². The molecular formula is C9H13NO3. The number of esters is 1. The van der Waals surface area contributed by atoms with Crippen LogP contribution in [0.3, 0.4) is 0 Å². The van der Waals surface area contributed by atoms with E-state index in [4.69, 9.17) is 4.74 Å². The Hall–Kier alpha value is -1.29. The number of carbonyl (C=O) groups is 1. The molecule has 0 aliphatic carbocycles. The second-order valence-corrected chi connectivity index (χ2v) is 2.57. The Kier molecular flexibility index (Phi) is 4.05. The van der Waals surface area contributed by atoms with Crippen LogP contribution in [0.25, 0.3) is 0 Å². The normalized spacial score (nSPS) is 9.92. The Bertz CT molecular complexity index is 243. The van der Waals surface area contributed by atoms with Crippen molar-refractivity contribution in [2.24, 2.45) is 0 Å². The van der Waals surface area contributed by atoms with E-state index in [1.165, 1.54) is 7.11 Å². The highest BCUT2D eigenvalue weighted by Crippen LogP contribution is 1.90. The molecule has 0 bridgehead atoms. The minimum absolute atomic E-state index is 0.0195. The zero-order valence-electron chi connectivity index (χ0n) is 7.60. The molecule has 4 heteroatoms. The molecule has 0 aromatic carbocycles. The lowest BCUT2D eigenvalue weighted by atomic mass is 10.6. The number of hydrogen-bond donors (Lipinski definition) is 0. The Labute approximate surface area is 77.1 Å². The molecule has 72 valence electrons. The van der Waals surface area contributed by atoms with E-state index in [-0.39, 0.29) is 12.6 Å². The minimum atomic E-state index is -0.324. The molecule has 0 aliphatic heterocycles. The van der Waals surface area contributed by atoms with E-state index in [1.807, 2.05) is 29.1 Å². The topological polar surface area (TPSA) is 40.5 Å². The minimum Gasteiger partial charge on any atom is -0.462 e. The number of nitrogens with zero attached hydrogens (tertiary/aromatic N) is 1. The summed E-state index contributed by atoms with van der Waals surface area (Å²) in [6, 6.07) is 3.86. The van der Waals surface area contributed by atoms with Crippen molar-refractivity contribution in [2.75, 3.05) is 20.3 Å². The van der Waals surface area contributed by atoms with Crippen LogP contribution in [0, 0.1) is 0 Å². The molecule has 0 aliphatic rings. The summed E-state index contributed by atoms with van der Waals surface area (Å²) >= 11 is 0. The van der Waals surface area contributed by atoms with E-state index < -0.39 is 0 Å². The van der Waals surface area contributed by atoms with Gasteiger partial charge in [0, 0.05) is 19.5 Å². The standard InChI is InChI=1S/C9H13NO3/c1-12-8-9(11)13-7-6-10-4-2-3-5-10/h2-5H,6-8H2,1H3. The van der Waals surface area contributed by atoms with Crippen LogP contribution in [0.1, 0.15) is 0 Å². The SMILES string of the molecule is COCC(=O)OCCn1cccc1. The van der Waals surface area contributed by atoms with Gasteiger partial charge in [0.1, 0.15) is 13.2 Å². The summed E-state index contributed by atoms with van der Waals surface area (Å²) in [6.45, 7) is 1.09. The average Bonchev–Trinajstić information content (AvgIpc) is 2.57.